The number of rotatable bonds is 4. The molecule has 2 aliphatic heterocycles. The van der Waals surface area contributed by atoms with Crippen LogP contribution in [0.25, 0.3) is 0 Å². The average molecular weight is 341 g/mol. The van der Waals surface area contributed by atoms with Gasteiger partial charge in [0.05, 0.1) is 24.2 Å². The van der Waals surface area contributed by atoms with Gasteiger partial charge in [-0.05, 0) is 69.3 Å². The Labute approximate surface area is 150 Å². The summed E-state index contributed by atoms with van der Waals surface area (Å²) in [7, 11) is 0. The third-order valence-electron chi connectivity index (χ3n) is 5.39. The van der Waals surface area contributed by atoms with E-state index in [0.29, 0.717) is 18.1 Å². The molecule has 2 saturated heterocycles. The predicted molar refractivity (Wildman–Crippen MR) is 97.6 cm³/mol. The number of ether oxygens (including phenoxy) is 1. The van der Waals surface area contributed by atoms with Crippen molar-refractivity contribution in [3.63, 3.8) is 0 Å². The van der Waals surface area contributed by atoms with Gasteiger partial charge >= 0.3 is 5.97 Å². The Morgan fingerprint density at radius 2 is 2.00 bits per heavy atom. The lowest BCUT2D eigenvalue weighted by Gasteiger charge is -2.36. The first-order chi connectivity index (χ1) is 12.2. The maximum absolute atomic E-state index is 12.0. The van der Waals surface area contributed by atoms with Crippen molar-refractivity contribution in [1.29, 1.82) is 5.26 Å². The Morgan fingerprint density at radius 3 is 2.64 bits per heavy atom. The Bertz CT molecular complexity index is 639. The minimum atomic E-state index is -0.0634. The summed E-state index contributed by atoms with van der Waals surface area (Å²) in [5.74, 6) is 0.496. The van der Waals surface area contributed by atoms with Crippen molar-refractivity contribution in [1.82, 2.24) is 5.32 Å². The van der Waals surface area contributed by atoms with Crippen molar-refractivity contribution in [2.75, 3.05) is 37.7 Å². The molecule has 0 atom stereocenters. The van der Waals surface area contributed by atoms with E-state index in [1.54, 1.807) is 0 Å². The van der Waals surface area contributed by atoms with Crippen molar-refractivity contribution in [2.45, 2.75) is 38.5 Å². The molecule has 0 spiro atoms. The van der Waals surface area contributed by atoms with Crippen LogP contribution in [-0.2, 0) is 9.53 Å². The van der Waals surface area contributed by atoms with Gasteiger partial charge in [0.25, 0.3) is 0 Å². The predicted octanol–water partition coefficient (Wildman–Crippen LogP) is 2.80. The summed E-state index contributed by atoms with van der Waals surface area (Å²) in [6, 6.07) is 8.37. The smallest absolute Gasteiger partial charge is 0.309 e. The lowest BCUT2D eigenvalue weighted by molar-refractivity contribution is -0.148. The van der Waals surface area contributed by atoms with Gasteiger partial charge in [0, 0.05) is 18.8 Å². The molecule has 3 rings (SSSR count). The van der Waals surface area contributed by atoms with Crippen molar-refractivity contribution >= 4 is 11.7 Å². The number of nitrogens with zero attached hydrogens (tertiary/aromatic N) is 2. The Balaban J connectivity index is 1.77. The highest BCUT2D eigenvalue weighted by Crippen LogP contribution is 2.36. The summed E-state index contributed by atoms with van der Waals surface area (Å²) in [5.41, 5.74) is 3.25. The van der Waals surface area contributed by atoms with Crippen LogP contribution in [0.3, 0.4) is 0 Å². The van der Waals surface area contributed by atoms with Gasteiger partial charge in [0.15, 0.2) is 0 Å². The van der Waals surface area contributed by atoms with Crippen LogP contribution >= 0.6 is 0 Å². The molecule has 1 N–H and O–H groups in total. The van der Waals surface area contributed by atoms with E-state index in [1.165, 1.54) is 11.3 Å². The Morgan fingerprint density at radius 1 is 1.28 bits per heavy atom. The molecule has 5 nitrogen and oxygen atoms in total. The molecule has 0 bridgehead atoms. The van der Waals surface area contributed by atoms with Crippen LogP contribution in [-0.4, -0.2) is 38.8 Å². The Kier molecular flexibility index (Phi) is 5.93. The SMILES string of the molecule is CCOC(=O)C1CCN(c2cc(C#N)ccc2C2CCNCC2)CC1. The summed E-state index contributed by atoms with van der Waals surface area (Å²) in [6.07, 6.45) is 3.92. The number of carbonyl (C=O) groups excluding carboxylic acids is 1. The number of piperidine rings is 2. The van der Waals surface area contributed by atoms with Gasteiger partial charge in [-0.2, -0.15) is 5.26 Å². The van der Waals surface area contributed by atoms with E-state index in [2.05, 4.69) is 22.4 Å². The molecule has 5 heteroatoms. The third kappa shape index (κ3) is 4.13. The van der Waals surface area contributed by atoms with Crippen LogP contribution < -0.4 is 10.2 Å². The summed E-state index contributed by atoms with van der Waals surface area (Å²) in [4.78, 5) is 14.3. The first-order valence-electron chi connectivity index (χ1n) is 9.39. The number of benzene rings is 1. The number of hydrogen-bond donors (Lipinski definition) is 1. The molecule has 2 heterocycles. The first-order valence-corrected chi connectivity index (χ1v) is 9.39. The normalized spacial score (nSPS) is 19.4. The van der Waals surface area contributed by atoms with E-state index in [-0.39, 0.29) is 11.9 Å². The van der Waals surface area contributed by atoms with Gasteiger partial charge in [-0.1, -0.05) is 6.07 Å². The van der Waals surface area contributed by atoms with Crippen LogP contribution in [0.4, 0.5) is 5.69 Å². The van der Waals surface area contributed by atoms with Gasteiger partial charge in [0.1, 0.15) is 0 Å². The molecule has 0 radical (unpaired) electrons. The number of nitrogens with one attached hydrogen (secondary N) is 1. The summed E-state index contributed by atoms with van der Waals surface area (Å²) in [6.45, 7) is 6.09. The number of carbonyl (C=O) groups is 1. The molecule has 0 aliphatic carbocycles. The molecule has 2 aliphatic rings. The van der Waals surface area contributed by atoms with Crippen molar-refractivity contribution in [3.8, 4) is 6.07 Å². The molecule has 25 heavy (non-hydrogen) atoms. The third-order valence-corrected chi connectivity index (χ3v) is 5.39. The molecule has 0 unspecified atom stereocenters. The second-order valence-corrected chi connectivity index (χ2v) is 6.92. The van der Waals surface area contributed by atoms with Gasteiger partial charge in [0.2, 0.25) is 0 Å². The maximum Gasteiger partial charge on any atom is 0.309 e. The molecule has 1 aromatic carbocycles. The first kappa shape index (κ1) is 17.8. The van der Waals surface area contributed by atoms with E-state index in [9.17, 15) is 10.1 Å². The zero-order chi connectivity index (χ0) is 17.6. The van der Waals surface area contributed by atoms with Crippen LogP contribution in [0.5, 0.6) is 0 Å². The van der Waals surface area contributed by atoms with Gasteiger partial charge in [-0.25, -0.2) is 0 Å². The lowest BCUT2D eigenvalue weighted by Crippen LogP contribution is -2.38. The van der Waals surface area contributed by atoms with Gasteiger partial charge in [-0.3, -0.25) is 4.79 Å². The van der Waals surface area contributed by atoms with E-state index >= 15 is 0 Å². The zero-order valence-electron chi connectivity index (χ0n) is 15.0. The van der Waals surface area contributed by atoms with Gasteiger partial charge < -0.3 is 15.0 Å². The van der Waals surface area contributed by atoms with Gasteiger partial charge in [-0.15, -0.1) is 0 Å². The van der Waals surface area contributed by atoms with E-state index in [4.69, 9.17) is 4.74 Å². The molecule has 0 saturated carbocycles. The molecular weight excluding hydrogens is 314 g/mol. The average Bonchev–Trinajstić information content (AvgIpc) is 2.68. The highest BCUT2D eigenvalue weighted by molar-refractivity contribution is 5.73. The zero-order valence-corrected chi connectivity index (χ0v) is 15.0. The van der Waals surface area contributed by atoms with Crippen molar-refractivity contribution in [2.24, 2.45) is 5.92 Å². The highest BCUT2D eigenvalue weighted by Gasteiger charge is 2.28. The largest absolute Gasteiger partial charge is 0.466 e. The molecule has 0 aromatic heterocycles. The van der Waals surface area contributed by atoms with Crippen molar-refractivity contribution < 1.29 is 9.53 Å². The minimum Gasteiger partial charge on any atom is -0.466 e. The highest BCUT2D eigenvalue weighted by atomic mass is 16.5. The quantitative estimate of drug-likeness (QED) is 0.853. The standard InChI is InChI=1S/C20H27N3O2/c1-2-25-20(24)17-7-11-23(12-8-17)19-13-15(14-21)3-4-18(19)16-5-9-22-10-6-16/h3-4,13,16-17,22H,2,5-12H2,1H3. The number of esters is 1. The van der Waals surface area contributed by atoms with E-state index < -0.39 is 0 Å². The fourth-order valence-electron chi connectivity index (χ4n) is 3.98. The fourth-order valence-corrected chi connectivity index (χ4v) is 3.98. The number of hydrogen-bond acceptors (Lipinski definition) is 5. The second-order valence-electron chi connectivity index (χ2n) is 6.92. The molecule has 2 fully saturated rings. The Hall–Kier alpha value is -2.06. The molecule has 0 amide bonds. The van der Waals surface area contributed by atoms with Crippen LogP contribution in [0, 0.1) is 17.2 Å². The topological polar surface area (TPSA) is 65.4 Å². The minimum absolute atomic E-state index is 0.0117. The van der Waals surface area contributed by atoms with Crippen molar-refractivity contribution in [3.05, 3.63) is 29.3 Å². The van der Waals surface area contributed by atoms with Crippen LogP contribution in [0.15, 0.2) is 18.2 Å². The monoisotopic (exact) mass is 341 g/mol. The second kappa shape index (κ2) is 8.35. The van der Waals surface area contributed by atoms with E-state index in [0.717, 1.165) is 51.9 Å². The maximum atomic E-state index is 12.0. The summed E-state index contributed by atoms with van der Waals surface area (Å²) < 4.78 is 5.17. The summed E-state index contributed by atoms with van der Waals surface area (Å²) >= 11 is 0. The fraction of sp³-hybridized carbons (Fsp3) is 0.600. The molecule has 134 valence electrons. The number of anilines is 1. The lowest BCUT2D eigenvalue weighted by atomic mass is 9.87. The van der Waals surface area contributed by atoms with Crippen LogP contribution in [0.1, 0.15) is 49.7 Å². The van der Waals surface area contributed by atoms with Crippen LogP contribution in [0.2, 0.25) is 0 Å². The number of nitriles is 1. The summed E-state index contributed by atoms with van der Waals surface area (Å²) in [5, 5.41) is 12.7. The molecule has 1 aromatic rings. The molecular formula is C20H27N3O2. The van der Waals surface area contributed by atoms with E-state index in [1.807, 2.05) is 19.1 Å².